The maximum atomic E-state index is 13.2. The first-order chi connectivity index (χ1) is 16.4. The third-order valence-electron chi connectivity index (χ3n) is 5.84. The Balaban J connectivity index is 1.27. The predicted molar refractivity (Wildman–Crippen MR) is 132 cm³/mol. The molecule has 7 nitrogen and oxygen atoms in total. The zero-order chi connectivity index (χ0) is 23.8. The number of hydrogen-bond acceptors (Lipinski definition) is 6. The van der Waals surface area contributed by atoms with Crippen molar-refractivity contribution in [3.63, 3.8) is 0 Å². The van der Waals surface area contributed by atoms with Crippen molar-refractivity contribution in [1.29, 1.82) is 0 Å². The second-order valence-corrected chi connectivity index (χ2v) is 9.03. The molecule has 0 fully saturated rings. The Hall–Kier alpha value is -3.91. The molecule has 1 aliphatic rings. The Labute approximate surface area is 200 Å². The SMILES string of the molecule is Cc1noc(C)c1CSCC(=O)Nc1ccc(N2C(=O)c3cccc4cccc(c34)C2=O)cc1. The van der Waals surface area contributed by atoms with Crippen LogP contribution in [0.4, 0.5) is 11.4 Å². The van der Waals surface area contributed by atoms with E-state index in [1.807, 2.05) is 38.1 Å². The molecule has 170 valence electrons. The summed E-state index contributed by atoms with van der Waals surface area (Å²) in [6, 6.07) is 17.6. The molecule has 2 heterocycles. The van der Waals surface area contributed by atoms with E-state index in [1.54, 1.807) is 36.4 Å². The summed E-state index contributed by atoms with van der Waals surface area (Å²) in [5.74, 6) is 0.817. The van der Waals surface area contributed by atoms with Gasteiger partial charge < -0.3 is 9.84 Å². The van der Waals surface area contributed by atoms with Crippen LogP contribution in [0.5, 0.6) is 0 Å². The van der Waals surface area contributed by atoms with Gasteiger partial charge in [0.25, 0.3) is 11.8 Å². The number of rotatable bonds is 6. The maximum absolute atomic E-state index is 13.2. The van der Waals surface area contributed by atoms with Crippen molar-refractivity contribution in [3.8, 4) is 0 Å². The molecule has 1 aromatic heterocycles. The fraction of sp³-hybridized carbons (Fsp3) is 0.154. The topological polar surface area (TPSA) is 92.5 Å². The molecule has 0 unspecified atom stereocenters. The Morgan fingerprint density at radius 1 is 0.971 bits per heavy atom. The van der Waals surface area contributed by atoms with Gasteiger partial charge in [0.1, 0.15) is 5.76 Å². The van der Waals surface area contributed by atoms with Crippen molar-refractivity contribution in [2.45, 2.75) is 19.6 Å². The van der Waals surface area contributed by atoms with Crippen LogP contribution >= 0.6 is 11.8 Å². The molecule has 5 rings (SSSR count). The van der Waals surface area contributed by atoms with Gasteiger partial charge in [-0.1, -0.05) is 29.4 Å². The normalized spacial score (nSPS) is 12.9. The first kappa shape index (κ1) is 21.9. The number of benzene rings is 3. The number of thioether (sulfide) groups is 1. The molecule has 0 atom stereocenters. The van der Waals surface area contributed by atoms with Gasteiger partial charge >= 0.3 is 0 Å². The van der Waals surface area contributed by atoms with Crippen LogP contribution in [0.3, 0.4) is 0 Å². The molecule has 0 bridgehead atoms. The molecule has 4 aromatic rings. The Bertz CT molecular complexity index is 1370. The van der Waals surface area contributed by atoms with Crippen LogP contribution in [0, 0.1) is 13.8 Å². The van der Waals surface area contributed by atoms with Crippen LogP contribution in [0.15, 0.2) is 65.2 Å². The van der Waals surface area contributed by atoms with Crippen LogP contribution in [0.2, 0.25) is 0 Å². The number of hydrogen-bond donors (Lipinski definition) is 1. The van der Waals surface area contributed by atoms with Gasteiger partial charge in [-0.25, -0.2) is 4.90 Å². The summed E-state index contributed by atoms with van der Waals surface area (Å²) in [5, 5.41) is 8.32. The van der Waals surface area contributed by atoms with E-state index >= 15 is 0 Å². The summed E-state index contributed by atoms with van der Waals surface area (Å²) in [7, 11) is 0. The molecule has 1 N–H and O–H groups in total. The predicted octanol–water partition coefficient (Wildman–Crippen LogP) is 5.12. The smallest absolute Gasteiger partial charge is 0.265 e. The molecule has 8 heteroatoms. The zero-order valence-electron chi connectivity index (χ0n) is 18.6. The minimum absolute atomic E-state index is 0.143. The minimum Gasteiger partial charge on any atom is -0.361 e. The Kier molecular flexibility index (Phi) is 5.67. The summed E-state index contributed by atoms with van der Waals surface area (Å²) in [6.45, 7) is 3.74. The number of imide groups is 1. The van der Waals surface area contributed by atoms with Gasteiger partial charge in [0.2, 0.25) is 5.91 Å². The molecule has 34 heavy (non-hydrogen) atoms. The van der Waals surface area contributed by atoms with Crippen LogP contribution in [0.1, 0.15) is 37.7 Å². The van der Waals surface area contributed by atoms with E-state index in [-0.39, 0.29) is 23.5 Å². The second-order valence-electron chi connectivity index (χ2n) is 8.05. The number of anilines is 2. The first-order valence-corrected chi connectivity index (χ1v) is 11.9. The van der Waals surface area contributed by atoms with Crippen LogP contribution in [0.25, 0.3) is 10.8 Å². The van der Waals surface area contributed by atoms with E-state index in [2.05, 4.69) is 10.5 Å². The number of carbonyl (C=O) groups is 3. The van der Waals surface area contributed by atoms with E-state index in [0.717, 1.165) is 22.4 Å². The van der Waals surface area contributed by atoms with Crippen LogP contribution in [-0.2, 0) is 10.5 Å². The number of carbonyl (C=O) groups excluding carboxylic acids is 3. The van der Waals surface area contributed by atoms with Crippen LogP contribution in [-0.4, -0.2) is 28.6 Å². The first-order valence-electron chi connectivity index (χ1n) is 10.7. The van der Waals surface area contributed by atoms with Crippen molar-refractivity contribution in [2.75, 3.05) is 16.0 Å². The van der Waals surface area contributed by atoms with Gasteiger partial charge in [-0.2, -0.15) is 0 Å². The van der Waals surface area contributed by atoms with E-state index in [9.17, 15) is 14.4 Å². The molecular formula is C26H21N3O4S. The molecule has 0 aliphatic carbocycles. The van der Waals surface area contributed by atoms with Crippen molar-refractivity contribution < 1.29 is 18.9 Å². The van der Waals surface area contributed by atoms with Crippen LogP contribution < -0.4 is 10.2 Å². The van der Waals surface area contributed by atoms with Crippen molar-refractivity contribution >= 4 is 51.6 Å². The fourth-order valence-corrected chi connectivity index (χ4v) is 5.09. The lowest BCUT2D eigenvalue weighted by Crippen LogP contribution is -2.40. The fourth-order valence-electron chi connectivity index (χ4n) is 4.11. The molecule has 1 aliphatic heterocycles. The Morgan fingerprint density at radius 2 is 1.62 bits per heavy atom. The lowest BCUT2D eigenvalue weighted by molar-refractivity contribution is -0.113. The molecule has 3 amide bonds. The highest BCUT2D eigenvalue weighted by atomic mass is 32.2. The lowest BCUT2D eigenvalue weighted by Gasteiger charge is -2.27. The summed E-state index contributed by atoms with van der Waals surface area (Å²) in [5.41, 5.74) is 3.89. The summed E-state index contributed by atoms with van der Waals surface area (Å²) < 4.78 is 5.14. The third-order valence-corrected chi connectivity index (χ3v) is 6.80. The molecular weight excluding hydrogens is 450 g/mol. The molecule has 0 radical (unpaired) electrons. The highest BCUT2D eigenvalue weighted by Gasteiger charge is 2.33. The van der Waals surface area contributed by atoms with Crippen molar-refractivity contribution in [1.82, 2.24) is 5.16 Å². The minimum atomic E-state index is -0.359. The number of nitrogens with one attached hydrogen (secondary N) is 1. The van der Waals surface area contributed by atoms with Gasteiger partial charge in [0.05, 0.1) is 17.1 Å². The average Bonchev–Trinajstić information content (AvgIpc) is 3.16. The molecule has 0 saturated heterocycles. The number of amides is 3. The highest BCUT2D eigenvalue weighted by Crippen LogP contribution is 2.33. The Morgan fingerprint density at radius 3 is 2.21 bits per heavy atom. The van der Waals surface area contributed by atoms with E-state index < -0.39 is 0 Å². The van der Waals surface area contributed by atoms with Gasteiger partial charge in [-0.3, -0.25) is 14.4 Å². The molecule has 0 saturated carbocycles. The van der Waals surface area contributed by atoms with Gasteiger partial charge in [-0.15, -0.1) is 11.8 Å². The standard InChI is InChI=1S/C26H21N3O4S/c1-15-22(16(2)33-28-15)13-34-14-23(30)27-18-9-11-19(12-10-18)29-25(31)20-7-3-5-17-6-4-8-21(24(17)20)26(29)32/h3-12H,13-14H2,1-2H3,(H,27,30). The highest BCUT2D eigenvalue weighted by molar-refractivity contribution is 7.99. The lowest BCUT2D eigenvalue weighted by atomic mass is 9.94. The summed E-state index contributed by atoms with van der Waals surface area (Å²) >= 11 is 1.47. The van der Waals surface area contributed by atoms with E-state index in [4.69, 9.17) is 4.52 Å². The molecule has 0 spiro atoms. The maximum Gasteiger partial charge on any atom is 0.265 e. The quantitative estimate of drug-likeness (QED) is 0.393. The zero-order valence-corrected chi connectivity index (χ0v) is 19.4. The second kappa shape index (κ2) is 8.79. The summed E-state index contributed by atoms with van der Waals surface area (Å²) in [6.07, 6.45) is 0. The van der Waals surface area contributed by atoms with Gasteiger partial charge in [0.15, 0.2) is 0 Å². The van der Waals surface area contributed by atoms with E-state index in [1.165, 1.54) is 16.7 Å². The van der Waals surface area contributed by atoms with Crippen molar-refractivity contribution in [3.05, 3.63) is 88.8 Å². The largest absolute Gasteiger partial charge is 0.361 e. The molecule has 3 aromatic carbocycles. The van der Waals surface area contributed by atoms with Gasteiger partial charge in [-0.05, 0) is 55.6 Å². The van der Waals surface area contributed by atoms with Crippen molar-refractivity contribution in [2.24, 2.45) is 0 Å². The number of nitrogens with zero attached hydrogens (tertiary/aromatic N) is 2. The summed E-state index contributed by atoms with van der Waals surface area (Å²) in [4.78, 5) is 39.9. The third kappa shape index (κ3) is 3.86. The van der Waals surface area contributed by atoms with E-state index in [0.29, 0.717) is 33.6 Å². The van der Waals surface area contributed by atoms with Gasteiger partial charge in [0, 0.05) is 33.5 Å². The number of aryl methyl sites for hydroxylation is 2. The number of aromatic nitrogens is 1. The average molecular weight is 472 g/mol. The monoisotopic (exact) mass is 471 g/mol.